The van der Waals surface area contributed by atoms with Crippen LogP contribution in [-0.2, 0) is 4.74 Å². The van der Waals surface area contributed by atoms with Crippen LogP contribution in [0, 0.1) is 11.6 Å². The molecular weight excluding hydrogens is 350 g/mol. The zero-order valence-electron chi connectivity index (χ0n) is 15.6. The third kappa shape index (κ3) is 4.27. The molecule has 6 heteroatoms. The summed E-state index contributed by atoms with van der Waals surface area (Å²) in [6.45, 7) is 6.37. The van der Waals surface area contributed by atoms with E-state index in [1.165, 1.54) is 6.07 Å². The molecule has 27 heavy (non-hydrogen) atoms. The maximum Gasteiger partial charge on any atom is 0.410 e. The van der Waals surface area contributed by atoms with E-state index >= 15 is 0 Å². The van der Waals surface area contributed by atoms with Crippen molar-refractivity contribution in [3.05, 3.63) is 59.2 Å². The van der Waals surface area contributed by atoms with Gasteiger partial charge in [-0.15, -0.1) is 0 Å². The number of carbonyl (C=O) groups excluding carboxylic acids is 1. The molecule has 3 rings (SSSR count). The minimum Gasteiger partial charge on any atom is -0.444 e. The van der Waals surface area contributed by atoms with Crippen molar-refractivity contribution in [2.45, 2.75) is 26.4 Å². The number of benzene rings is 2. The van der Waals surface area contributed by atoms with Gasteiger partial charge in [-0.2, -0.15) is 0 Å². The van der Waals surface area contributed by atoms with Crippen LogP contribution in [0.1, 0.15) is 26.3 Å². The largest absolute Gasteiger partial charge is 0.444 e. The maximum atomic E-state index is 14.3. The number of likely N-dealkylation sites (tertiary alicyclic amines) is 1. The Labute approximate surface area is 157 Å². The summed E-state index contributed by atoms with van der Waals surface area (Å²) in [6, 6.07) is 9.32. The Balaban J connectivity index is 1.82. The fourth-order valence-electron chi connectivity index (χ4n) is 2.85. The van der Waals surface area contributed by atoms with Gasteiger partial charge in [0.05, 0.1) is 5.69 Å². The van der Waals surface area contributed by atoms with Crippen molar-refractivity contribution in [2.24, 2.45) is 0 Å². The zero-order valence-corrected chi connectivity index (χ0v) is 15.6. The average Bonchev–Trinajstić information content (AvgIpc) is 2.52. The first kappa shape index (κ1) is 18.9. The molecule has 4 nitrogen and oxygen atoms in total. The number of nitrogens with zero attached hydrogens (tertiary/aromatic N) is 1. The summed E-state index contributed by atoms with van der Waals surface area (Å²) in [5.41, 5.74) is 7.61. The van der Waals surface area contributed by atoms with Crippen molar-refractivity contribution in [3.8, 4) is 11.1 Å². The van der Waals surface area contributed by atoms with Crippen molar-refractivity contribution in [3.63, 3.8) is 0 Å². The van der Waals surface area contributed by atoms with Gasteiger partial charge in [0.2, 0.25) is 0 Å². The van der Waals surface area contributed by atoms with Gasteiger partial charge in [0.15, 0.2) is 0 Å². The van der Waals surface area contributed by atoms with Gasteiger partial charge in [-0.1, -0.05) is 30.3 Å². The summed E-state index contributed by atoms with van der Waals surface area (Å²) in [4.78, 5) is 13.6. The second-order valence-electron chi connectivity index (χ2n) is 7.58. The van der Waals surface area contributed by atoms with E-state index in [2.05, 4.69) is 0 Å². The molecule has 1 heterocycles. The molecule has 0 aliphatic carbocycles. The van der Waals surface area contributed by atoms with E-state index in [1.54, 1.807) is 17.0 Å². The Morgan fingerprint density at radius 2 is 1.78 bits per heavy atom. The molecule has 2 aromatic rings. The molecule has 1 aliphatic rings. The number of ether oxygens (including phenoxy) is 1. The number of hydrogen-bond acceptors (Lipinski definition) is 3. The first-order chi connectivity index (χ1) is 12.6. The highest BCUT2D eigenvalue weighted by Crippen LogP contribution is 2.32. The summed E-state index contributed by atoms with van der Waals surface area (Å²) in [6.07, 6.45) is 1.56. The molecule has 1 fully saturated rings. The number of carbonyl (C=O) groups is 1. The first-order valence-electron chi connectivity index (χ1n) is 8.65. The Kier molecular flexibility index (Phi) is 4.91. The smallest absolute Gasteiger partial charge is 0.410 e. The van der Waals surface area contributed by atoms with Crippen LogP contribution in [-0.4, -0.2) is 29.7 Å². The second-order valence-corrected chi connectivity index (χ2v) is 7.58. The molecular formula is C21H22F2N2O2. The van der Waals surface area contributed by atoms with Crippen LogP contribution in [0.25, 0.3) is 17.2 Å². The van der Waals surface area contributed by atoms with Crippen LogP contribution in [0.4, 0.5) is 19.3 Å². The lowest BCUT2D eigenvalue weighted by Gasteiger charge is -2.35. The van der Waals surface area contributed by atoms with Crippen LogP contribution in [0.5, 0.6) is 0 Å². The van der Waals surface area contributed by atoms with Gasteiger partial charge >= 0.3 is 6.09 Å². The number of amides is 1. The quantitative estimate of drug-likeness (QED) is 0.767. The predicted octanol–water partition coefficient (Wildman–Crippen LogP) is 4.85. The number of hydrogen-bond donors (Lipinski definition) is 1. The van der Waals surface area contributed by atoms with E-state index in [1.807, 2.05) is 39.0 Å². The number of nitrogens with two attached hydrogens (primary N) is 1. The van der Waals surface area contributed by atoms with Crippen LogP contribution in [0.2, 0.25) is 0 Å². The molecule has 1 saturated heterocycles. The van der Waals surface area contributed by atoms with Crippen LogP contribution >= 0.6 is 0 Å². The Morgan fingerprint density at radius 1 is 1.11 bits per heavy atom. The van der Waals surface area contributed by atoms with Crippen molar-refractivity contribution >= 4 is 17.9 Å². The average molecular weight is 372 g/mol. The van der Waals surface area contributed by atoms with E-state index in [0.717, 1.165) is 17.2 Å². The van der Waals surface area contributed by atoms with Crippen molar-refractivity contribution < 1.29 is 18.3 Å². The number of rotatable bonds is 2. The minimum absolute atomic E-state index is 0.103. The molecule has 2 N–H and O–H groups in total. The zero-order chi connectivity index (χ0) is 19.8. The Hall–Kier alpha value is -2.89. The molecule has 0 radical (unpaired) electrons. The van der Waals surface area contributed by atoms with Gasteiger partial charge in [0.1, 0.15) is 17.2 Å². The maximum absolute atomic E-state index is 14.3. The van der Waals surface area contributed by atoms with Gasteiger partial charge in [-0.05, 0) is 43.5 Å². The SMILES string of the molecule is CC(C)(C)OC(=O)N1CC(=Cc2ccccc2-c2cc(N)c(F)cc2F)C1. The number of nitrogen functional groups attached to an aromatic ring is 1. The molecule has 0 aromatic heterocycles. The third-order valence-corrected chi connectivity index (χ3v) is 4.14. The lowest BCUT2D eigenvalue weighted by molar-refractivity contribution is 0.0216. The molecule has 1 amide bonds. The number of halogens is 2. The van der Waals surface area contributed by atoms with Crippen molar-refractivity contribution in [2.75, 3.05) is 18.8 Å². The van der Waals surface area contributed by atoms with Gasteiger partial charge in [0.25, 0.3) is 0 Å². The van der Waals surface area contributed by atoms with Gasteiger partial charge in [-0.25, -0.2) is 13.6 Å². The van der Waals surface area contributed by atoms with Crippen molar-refractivity contribution in [1.29, 1.82) is 0 Å². The summed E-state index contributed by atoms with van der Waals surface area (Å²) in [7, 11) is 0. The molecule has 1 aliphatic heterocycles. The van der Waals surface area contributed by atoms with E-state index in [9.17, 15) is 13.6 Å². The van der Waals surface area contributed by atoms with Crippen LogP contribution in [0.3, 0.4) is 0 Å². The highest BCUT2D eigenvalue weighted by Gasteiger charge is 2.29. The van der Waals surface area contributed by atoms with Gasteiger partial charge < -0.3 is 15.4 Å². The normalized spacial score (nSPS) is 14.0. The molecule has 142 valence electrons. The van der Waals surface area contributed by atoms with Gasteiger partial charge in [0, 0.05) is 24.7 Å². The van der Waals surface area contributed by atoms with Gasteiger partial charge in [-0.3, -0.25) is 0 Å². The number of anilines is 1. The lowest BCUT2D eigenvalue weighted by atomic mass is 9.95. The summed E-state index contributed by atoms with van der Waals surface area (Å²) in [5, 5.41) is 0. The predicted molar refractivity (Wildman–Crippen MR) is 102 cm³/mol. The lowest BCUT2D eigenvalue weighted by Crippen LogP contribution is -2.46. The molecule has 0 atom stereocenters. The Morgan fingerprint density at radius 3 is 2.44 bits per heavy atom. The van der Waals surface area contributed by atoms with E-state index < -0.39 is 17.2 Å². The molecule has 2 aromatic carbocycles. The standard InChI is InChI=1S/C21H22F2N2O2/c1-21(2,3)27-20(26)25-11-13(12-25)8-14-6-4-5-7-15(14)16-9-19(24)18(23)10-17(16)22/h4-10H,11-12,24H2,1-3H3. The van der Waals surface area contributed by atoms with Crippen LogP contribution < -0.4 is 5.73 Å². The molecule has 0 unspecified atom stereocenters. The summed E-state index contributed by atoms with van der Waals surface area (Å²) < 4.78 is 33.1. The van der Waals surface area contributed by atoms with E-state index in [4.69, 9.17) is 10.5 Å². The fraction of sp³-hybridized carbons (Fsp3) is 0.286. The first-order valence-corrected chi connectivity index (χ1v) is 8.65. The third-order valence-electron chi connectivity index (χ3n) is 4.14. The highest BCUT2D eigenvalue weighted by atomic mass is 19.1. The highest BCUT2D eigenvalue weighted by molar-refractivity contribution is 5.79. The monoisotopic (exact) mass is 372 g/mol. The minimum atomic E-state index is -0.779. The molecule has 0 spiro atoms. The fourth-order valence-corrected chi connectivity index (χ4v) is 2.85. The van der Waals surface area contributed by atoms with E-state index in [0.29, 0.717) is 18.7 Å². The molecule has 0 bridgehead atoms. The molecule has 0 saturated carbocycles. The topological polar surface area (TPSA) is 55.6 Å². The van der Waals surface area contributed by atoms with E-state index in [-0.39, 0.29) is 17.3 Å². The summed E-state index contributed by atoms with van der Waals surface area (Å²) in [5.74, 6) is -1.45. The Bertz CT molecular complexity index is 909. The summed E-state index contributed by atoms with van der Waals surface area (Å²) >= 11 is 0. The van der Waals surface area contributed by atoms with Crippen molar-refractivity contribution in [1.82, 2.24) is 4.90 Å². The second kappa shape index (κ2) is 7.02. The van der Waals surface area contributed by atoms with Crippen LogP contribution in [0.15, 0.2) is 42.0 Å².